The number of likely N-dealkylation sites (tertiary alicyclic amines) is 1. The van der Waals surface area contributed by atoms with Gasteiger partial charge in [0.2, 0.25) is 0 Å². The fourth-order valence-corrected chi connectivity index (χ4v) is 6.91. The number of carbonyl (C=O) groups excluding carboxylic acids is 1. The van der Waals surface area contributed by atoms with Crippen molar-refractivity contribution in [2.75, 3.05) is 18.9 Å². The summed E-state index contributed by atoms with van der Waals surface area (Å²) in [6.07, 6.45) is 5.54. The van der Waals surface area contributed by atoms with E-state index in [-0.39, 0.29) is 29.1 Å². The molecule has 3 atom stereocenters. The molecular weight excluding hydrogens is 588 g/mol. The Morgan fingerprint density at radius 3 is 2.49 bits per heavy atom. The third-order valence-electron chi connectivity index (χ3n) is 9.87. The number of benzene rings is 2. The number of aromatic nitrogens is 5. The van der Waals surface area contributed by atoms with Gasteiger partial charge in [-0.15, -0.1) is 10.2 Å². The molecule has 2 amide bonds. The van der Waals surface area contributed by atoms with Crippen LogP contribution in [0.2, 0.25) is 0 Å². The number of ether oxygens (including phenoxy) is 1. The first-order valence-corrected chi connectivity index (χ1v) is 16.6. The van der Waals surface area contributed by atoms with E-state index in [4.69, 9.17) is 9.84 Å². The van der Waals surface area contributed by atoms with E-state index in [1.54, 1.807) is 4.68 Å². The lowest BCUT2D eigenvalue weighted by Crippen LogP contribution is -2.37. The number of rotatable bonds is 6. The lowest BCUT2D eigenvalue weighted by molar-refractivity contribution is 0.170. The second kappa shape index (κ2) is 11.8. The minimum Gasteiger partial charge on any atom is -0.484 e. The Labute approximate surface area is 276 Å². The van der Waals surface area contributed by atoms with Gasteiger partial charge in [-0.2, -0.15) is 5.10 Å². The molecule has 3 aromatic heterocycles. The summed E-state index contributed by atoms with van der Waals surface area (Å²) in [7, 11) is 2.15. The molecule has 2 aromatic carbocycles. The highest BCUT2D eigenvalue weighted by Crippen LogP contribution is 2.40. The summed E-state index contributed by atoms with van der Waals surface area (Å²) in [5.41, 5.74) is 5.57. The Hall–Kier alpha value is -4.70. The highest BCUT2D eigenvalue weighted by Gasteiger charge is 2.40. The van der Waals surface area contributed by atoms with Gasteiger partial charge < -0.3 is 10.1 Å². The number of hydrogen-bond acceptors (Lipinski definition) is 6. The van der Waals surface area contributed by atoms with Crippen molar-refractivity contribution in [3.05, 3.63) is 101 Å². The largest absolute Gasteiger partial charge is 0.484 e. The summed E-state index contributed by atoms with van der Waals surface area (Å²) in [5, 5.41) is 20.2. The maximum atomic E-state index is 13.5. The second-order valence-corrected chi connectivity index (χ2v) is 14.3. The van der Waals surface area contributed by atoms with Crippen molar-refractivity contribution in [1.29, 1.82) is 0 Å². The Bertz CT molecular complexity index is 1920. The number of nitrogens with one attached hydrogen (secondary N) is 2. The van der Waals surface area contributed by atoms with Crippen molar-refractivity contribution >= 4 is 17.5 Å². The van der Waals surface area contributed by atoms with E-state index in [9.17, 15) is 4.79 Å². The average molecular weight is 633 g/mol. The standard InChI is InChI=1S/C37H44N8O2/c1-24-12-14-25(15-13-24)45-33(22-31(42-45)36(2,3)4)39-35(46)38-29-17-18-30(28-11-8-7-10-27(28)29)47-26-16-19-32-40-41-34(44(32)23-26)37(5)20-9-21-43(37)6/h7-8,10-16,19,22-23,29-30H,9,17-18,20-21H2,1-6H3,(H2,38,39,46)/t29-,30+,37?/m0/s1. The van der Waals surface area contributed by atoms with E-state index >= 15 is 0 Å². The van der Waals surface area contributed by atoms with Crippen LogP contribution in [0.15, 0.2) is 72.9 Å². The van der Waals surface area contributed by atoms with Crippen molar-refractivity contribution in [1.82, 2.24) is 34.6 Å². The third-order valence-corrected chi connectivity index (χ3v) is 9.87. The van der Waals surface area contributed by atoms with Gasteiger partial charge in [0.05, 0.1) is 29.2 Å². The van der Waals surface area contributed by atoms with Crippen LogP contribution in [-0.4, -0.2) is 48.9 Å². The first-order valence-electron chi connectivity index (χ1n) is 16.6. The fourth-order valence-electron chi connectivity index (χ4n) is 6.91. The normalized spacial score (nSPS) is 21.5. The summed E-state index contributed by atoms with van der Waals surface area (Å²) in [6.45, 7) is 11.7. The van der Waals surface area contributed by atoms with Gasteiger partial charge in [-0.1, -0.05) is 62.7 Å². The molecule has 1 saturated heterocycles. The first kappa shape index (κ1) is 30.9. The zero-order valence-electron chi connectivity index (χ0n) is 28.1. The van der Waals surface area contributed by atoms with Crippen LogP contribution in [-0.2, 0) is 11.0 Å². The number of fused-ring (bicyclic) bond motifs is 2. The van der Waals surface area contributed by atoms with Crippen molar-refractivity contribution in [2.24, 2.45) is 0 Å². The molecule has 1 aliphatic carbocycles. The zero-order valence-corrected chi connectivity index (χ0v) is 28.1. The number of anilines is 1. The van der Waals surface area contributed by atoms with E-state index < -0.39 is 0 Å². The van der Waals surface area contributed by atoms with Crippen LogP contribution in [0.1, 0.15) is 93.7 Å². The average Bonchev–Trinajstić information content (AvgIpc) is 3.76. The quantitative estimate of drug-likeness (QED) is 0.205. The third kappa shape index (κ3) is 5.86. The van der Waals surface area contributed by atoms with Crippen molar-refractivity contribution in [3.63, 3.8) is 0 Å². The van der Waals surface area contributed by atoms with Gasteiger partial charge in [0.1, 0.15) is 17.7 Å². The van der Waals surface area contributed by atoms with E-state index in [1.807, 2.05) is 60.8 Å². The van der Waals surface area contributed by atoms with Gasteiger partial charge in [-0.25, -0.2) is 9.48 Å². The monoisotopic (exact) mass is 632 g/mol. The summed E-state index contributed by atoms with van der Waals surface area (Å²) < 4.78 is 10.5. The van der Waals surface area contributed by atoms with Gasteiger partial charge in [-0.05, 0) is 88.5 Å². The van der Waals surface area contributed by atoms with Crippen LogP contribution < -0.4 is 15.4 Å². The molecule has 47 heavy (non-hydrogen) atoms. The molecular formula is C37H44N8O2. The second-order valence-electron chi connectivity index (χ2n) is 14.3. The molecule has 0 radical (unpaired) electrons. The molecule has 244 valence electrons. The number of nitrogens with zero attached hydrogens (tertiary/aromatic N) is 6. The van der Waals surface area contributed by atoms with Gasteiger partial charge in [-0.3, -0.25) is 14.6 Å². The van der Waals surface area contributed by atoms with Gasteiger partial charge >= 0.3 is 6.03 Å². The molecule has 1 fully saturated rings. The topological polar surface area (TPSA) is 102 Å². The molecule has 4 heterocycles. The van der Waals surface area contributed by atoms with Crippen molar-refractivity contribution in [3.8, 4) is 11.4 Å². The summed E-state index contributed by atoms with van der Waals surface area (Å²) in [6, 6.07) is 21.8. The summed E-state index contributed by atoms with van der Waals surface area (Å²) in [4.78, 5) is 15.9. The van der Waals surface area contributed by atoms with E-state index in [2.05, 4.69) is 83.9 Å². The Kier molecular flexibility index (Phi) is 7.78. The molecule has 2 N–H and O–H groups in total. The number of urea groups is 1. The molecule has 7 rings (SSSR count). The maximum absolute atomic E-state index is 13.5. The molecule has 0 spiro atoms. The van der Waals surface area contributed by atoms with E-state index in [0.29, 0.717) is 5.82 Å². The first-order chi connectivity index (χ1) is 22.5. The Morgan fingerprint density at radius 2 is 1.77 bits per heavy atom. The summed E-state index contributed by atoms with van der Waals surface area (Å²) in [5.74, 6) is 2.34. The van der Waals surface area contributed by atoms with Crippen LogP contribution in [0.5, 0.6) is 5.75 Å². The molecule has 2 aliphatic rings. The number of pyridine rings is 1. The van der Waals surface area contributed by atoms with Crippen LogP contribution >= 0.6 is 0 Å². The number of carbonyl (C=O) groups is 1. The van der Waals surface area contributed by atoms with Crippen LogP contribution in [0.4, 0.5) is 10.6 Å². The zero-order chi connectivity index (χ0) is 32.9. The van der Waals surface area contributed by atoms with Crippen LogP contribution in [0, 0.1) is 6.92 Å². The van der Waals surface area contributed by atoms with E-state index in [1.165, 1.54) is 0 Å². The predicted octanol–water partition coefficient (Wildman–Crippen LogP) is 7.24. The minimum absolute atomic E-state index is 0.147. The number of aryl methyl sites for hydroxylation is 1. The minimum atomic E-state index is -0.270. The maximum Gasteiger partial charge on any atom is 0.320 e. The molecule has 1 aliphatic heterocycles. The Morgan fingerprint density at radius 1 is 1.00 bits per heavy atom. The van der Waals surface area contributed by atoms with Crippen LogP contribution in [0.3, 0.4) is 0 Å². The van der Waals surface area contributed by atoms with Gasteiger partial charge in [0, 0.05) is 11.5 Å². The Balaban J connectivity index is 1.10. The highest BCUT2D eigenvalue weighted by molar-refractivity contribution is 5.89. The smallest absolute Gasteiger partial charge is 0.320 e. The number of amides is 2. The van der Waals surface area contributed by atoms with E-state index in [0.717, 1.165) is 77.5 Å². The molecule has 1 unspecified atom stereocenters. The van der Waals surface area contributed by atoms with Gasteiger partial charge in [0.15, 0.2) is 11.5 Å². The fraction of sp³-hybridized carbons (Fsp3) is 0.405. The molecule has 10 nitrogen and oxygen atoms in total. The highest BCUT2D eigenvalue weighted by atomic mass is 16.5. The SMILES string of the molecule is Cc1ccc(-n2nc(C(C)(C)C)cc2NC(=O)N[C@H]2CC[C@@H](Oc3ccc4nnc(C5(C)CCCN5C)n4c3)c3ccccc32)cc1. The van der Waals surface area contributed by atoms with Crippen molar-refractivity contribution < 1.29 is 9.53 Å². The molecule has 5 aromatic rings. The molecule has 0 saturated carbocycles. The molecule has 0 bridgehead atoms. The predicted molar refractivity (Wildman–Crippen MR) is 183 cm³/mol. The lowest BCUT2D eigenvalue weighted by Gasteiger charge is -2.32. The lowest BCUT2D eigenvalue weighted by atomic mass is 9.85. The van der Waals surface area contributed by atoms with Gasteiger partial charge in [0.25, 0.3) is 0 Å². The van der Waals surface area contributed by atoms with Crippen LogP contribution in [0.25, 0.3) is 11.3 Å². The number of hydrogen-bond donors (Lipinski definition) is 2. The van der Waals surface area contributed by atoms with Crippen molar-refractivity contribution in [2.45, 2.75) is 83.4 Å². The summed E-state index contributed by atoms with van der Waals surface area (Å²) >= 11 is 0. The molecule has 10 heteroatoms.